The van der Waals surface area contributed by atoms with Crippen molar-refractivity contribution in [2.24, 2.45) is 0 Å². The Morgan fingerprint density at radius 1 is 1.07 bits per heavy atom. The fraction of sp³-hybridized carbons (Fsp3) is 0.583. The minimum atomic E-state index is 0.0421. The van der Waals surface area contributed by atoms with Gasteiger partial charge in [-0.25, -0.2) is 9.97 Å². The molecule has 4 rings (SSSR count). The summed E-state index contributed by atoms with van der Waals surface area (Å²) in [6, 6.07) is 10.6. The molecule has 2 saturated heterocycles. The normalized spacial score (nSPS) is 19.0. The Morgan fingerprint density at radius 3 is 2.47 bits per heavy atom. The van der Waals surface area contributed by atoms with E-state index in [4.69, 9.17) is 9.47 Å². The van der Waals surface area contributed by atoms with Crippen LogP contribution in [0.15, 0.2) is 42.7 Å². The predicted molar refractivity (Wildman–Crippen MR) is 119 cm³/mol. The van der Waals surface area contributed by atoms with Crippen molar-refractivity contribution in [3.05, 3.63) is 48.3 Å². The van der Waals surface area contributed by atoms with Crippen LogP contribution in [0.25, 0.3) is 0 Å². The minimum Gasteiger partial charge on any atom is -0.494 e. The Kier molecular flexibility index (Phi) is 7.18. The van der Waals surface area contributed by atoms with E-state index in [1.54, 1.807) is 12.4 Å². The second kappa shape index (κ2) is 10.2. The maximum Gasteiger partial charge on any atom is 0.225 e. The van der Waals surface area contributed by atoms with Crippen LogP contribution in [0.1, 0.15) is 37.7 Å². The number of ether oxygens (including phenoxy) is 2. The SMILES string of the molecule is CN(CC1(c2ccc(OCCCN3CCCC3)cc2)CCOCC1)c1ncccn1. The second-order valence-corrected chi connectivity index (χ2v) is 8.57. The van der Waals surface area contributed by atoms with Gasteiger partial charge in [0.05, 0.1) is 6.61 Å². The van der Waals surface area contributed by atoms with Crippen LogP contribution in [0, 0.1) is 0 Å². The fourth-order valence-corrected chi connectivity index (χ4v) is 4.70. The van der Waals surface area contributed by atoms with E-state index >= 15 is 0 Å². The topological polar surface area (TPSA) is 50.7 Å². The first-order valence-corrected chi connectivity index (χ1v) is 11.3. The smallest absolute Gasteiger partial charge is 0.225 e. The number of nitrogens with zero attached hydrogens (tertiary/aromatic N) is 4. The van der Waals surface area contributed by atoms with Gasteiger partial charge < -0.3 is 19.3 Å². The van der Waals surface area contributed by atoms with Crippen molar-refractivity contribution < 1.29 is 9.47 Å². The summed E-state index contributed by atoms with van der Waals surface area (Å²) in [7, 11) is 2.07. The van der Waals surface area contributed by atoms with Gasteiger partial charge >= 0.3 is 0 Å². The highest BCUT2D eigenvalue weighted by atomic mass is 16.5. The Hall–Kier alpha value is -2.18. The van der Waals surface area contributed by atoms with Crippen molar-refractivity contribution in [2.75, 3.05) is 57.9 Å². The molecule has 0 bridgehead atoms. The van der Waals surface area contributed by atoms with Gasteiger partial charge in [0.1, 0.15) is 5.75 Å². The average molecular weight is 411 g/mol. The molecule has 0 N–H and O–H groups in total. The Morgan fingerprint density at radius 2 is 1.77 bits per heavy atom. The maximum atomic E-state index is 6.01. The van der Waals surface area contributed by atoms with E-state index < -0.39 is 0 Å². The van der Waals surface area contributed by atoms with Crippen molar-refractivity contribution in [2.45, 2.75) is 37.5 Å². The van der Waals surface area contributed by atoms with Crippen LogP contribution in [0.4, 0.5) is 5.95 Å². The van der Waals surface area contributed by atoms with E-state index in [2.05, 4.69) is 51.1 Å². The summed E-state index contributed by atoms with van der Waals surface area (Å²) in [5.74, 6) is 1.73. The van der Waals surface area contributed by atoms with Gasteiger partial charge in [-0.1, -0.05) is 12.1 Å². The van der Waals surface area contributed by atoms with Crippen LogP contribution >= 0.6 is 0 Å². The van der Waals surface area contributed by atoms with Crippen molar-refractivity contribution in [1.29, 1.82) is 0 Å². The summed E-state index contributed by atoms with van der Waals surface area (Å²) >= 11 is 0. The zero-order valence-electron chi connectivity index (χ0n) is 18.1. The molecule has 0 unspecified atom stereocenters. The molecule has 6 nitrogen and oxygen atoms in total. The zero-order valence-corrected chi connectivity index (χ0v) is 18.1. The van der Waals surface area contributed by atoms with E-state index in [0.29, 0.717) is 0 Å². The molecule has 0 spiro atoms. The quantitative estimate of drug-likeness (QED) is 0.590. The Balaban J connectivity index is 1.37. The van der Waals surface area contributed by atoms with Crippen molar-refractivity contribution in [1.82, 2.24) is 14.9 Å². The molecular formula is C24H34N4O2. The van der Waals surface area contributed by atoms with E-state index in [1.165, 1.54) is 31.5 Å². The molecule has 0 radical (unpaired) electrons. The number of hydrogen-bond donors (Lipinski definition) is 0. The zero-order chi connectivity index (χ0) is 20.7. The summed E-state index contributed by atoms with van der Waals surface area (Å²) in [5.41, 5.74) is 1.39. The molecule has 3 heterocycles. The maximum absolute atomic E-state index is 6.01. The molecule has 6 heteroatoms. The van der Waals surface area contributed by atoms with E-state index in [0.717, 1.165) is 63.9 Å². The molecule has 2 aliphatic rings. The molecular weight excluding hydrogens is 376 g/mol. The van der Waals surface area contributed by atoms with Gasteiger partial charge in [-0.3, -0.25) is 0 Å². The second-order valence-electron chi connectivity index (χ2n) is 8.57. The van der Waals surface area contributed by atoms with Gasteiger partial charge in [0, 0.05) is 51.2 Å². The molecule has 2 aliphatic heterocycles. The predicted octanol–water partition coefficient (Wildman–Crippen LogP) is 3.53. The number of rotatable bonds is 9. The van der Waals surface area contributed by atoms with Crippen LogP contribution < -0.4 is 9.64 Å². The number of aromatic nitrogens is 2. The molecule has 2 aromatic rings. The van der Waals surface area contributed by atoms with E-state index in [1.807, 2.05) is 6.07 Å². The van der Waals surface area contributed by atoms with Gasteiger partial charge in [0.25, 0.3) is 0 Å². The van der Waals surface area contributed by atoms with Crippen LogP contribution in [0.2, 0.25) is 0 Å². The molecule has 0 amide bonds. The molecule has 1 aromatic carbocycles. The largest absolute Gasteiger partial charge is 0.494 e. The number of anilines is 1. The lowest BCUT2D eigenvalue weighted by Crippen LogP contribution is -2.44. The third kappa shape index (κ3) is 5.29. The van der Waals surface area contributed by atoms with Gasteiger partial charge in [-0.15, -0.1) is 0 Å². The number of benzene rings is 1. The lowest BCUT2D eigenvalue weighted by atomic mass is 9.74. The first kappa shape index (κ1) is 21.1. The monoisotopic (exact) mass is 410 g/mol. The highest BCUT2D eigenvalue weighted by molar-refractivity contribution is 5.37. The Bertz CT molecular complexity index is 757. The summed E-state index contributed by atoms with van der Waals surface area (Å²) in [6.07, 6.45) is 9.38. The standard InChI is InChI=1S/C24H34N4O2/c1-27(23-25-12-4-13-26-23)20-24(10-18-29-19-11-24)21-6-8-22(9-7-21)30-17-5-16-28-14-2-3-15-28/h4,6-9,12-13H,2-3,5,10-11,14-20H2,1H3. The van der Waals surface area contributed by atoms with Crippen molar-refractivity contribution in [3.8, 4) is 5.75 Å². The lowest BCUT2D eigenvalue weighted by molar-refractivity contribution is 0.0525. The third-order valence-corrected chi connectivity index (χ3v) is 6.44. The number of hydrogen-bond acceptors (Lipinski definition) is 6. The average Bonchev–Trinajstić information content (AvgIpc) is 3.32. The van der Waals surface area contributed by atoms with Crippen molar-refractivity contribution >= 4 is 5.95 Å². The number of likely N-dealkylation sites (N-methyl/N-ethyl adjacent to an activating group) is 1. The van der Waals surface area contributed by atoms with Gasteiger partial charge in [0.2, 0.25) is 5.95 Å². The molecule has 30 heavy (non-hydrogen) atoms. The fourth-order valence-electron chi connectivity index (χ4n) is 4.70. The molecule has 162 valence electrons. The highest BCUT2D eigenvalue weighted by Crippen LogP contribution is 2.36. The first-order chi connectivity index (χ1) is 14.8. The lowest BCUT2D eigenvalue weighted by Gasteiger charge is -2.40. The summed E-state index contributed by atoms with van der Waals surface area (Å²) in [6.45, 7) is 6.89. The van der Waals surface area contributed by atoms with Crippen LogP contribution in [-0.2, 0) is 10.2 Å². The van der Waals surface area contributed by atoms with E-state index in [9.17, 15) is 0 Å². The molecule has 0 saturated carbocycles. The third-order valence-electron chi connectivity index (χ3n) is 6.44. The summed E-state index contributed by atoms with van der Waals surface area (Å²) < 4.78 is 11.7. The number of likely N-dealkylation sites (tertiary alicyclic amines) is 1. The summed E-state index contributed by atoms with van der Waals surface area (Å²) in [5, 5.41) is 0. The molecule has 2 fully saturated rings. The first-order valence-electron chi connectivity index (χ1n) is 11.3. The molecule has 0 aliphatic carbocycles. The van der Waals surface area contributed by atoms with Gasteiger partial charge in [-0.2, -0.15) is 0 Å². The molecule has 0 atom stereocenters. The molecule has 1 aromatic heterocycles. The van der Waals surface area contributed by atoms with Gasteiger partial charge in [-0.05, 0) is 69.0 Å². The van der Waals surface area contributed by atoms with Crippen molar-refractivity contribution in [3.63, 3.8) is 0 Å². The van der Waals surface area contributed by atoms with Crippen LogP contribution in [-0.4, -0.2) is 67.9 Å². The summed E-state index contributed by atoms with van der Waals surface area (Å²) in [4.78, 5) is 13.5. The minimum absolute atomic E-state index is 0.0421. The Labute approximate surface area is 180 Å². The van der Waals surface area contributed by atoms with Crippen LogP contribution in [0.3, 0.4) is 0 Å². The highest BCUT2D eigenvalue weighted by Gasteiger charge is 2.36. The van der Waals surface area contributed by atoms with Crippen LogP contribution in [0.5, 0.6) is 5.75 Å². The van der Waals surface area contributed by atoms with Gasteiger partial charge in [0.15, 0.2) is 0 Å². The van der Waals surface area contributed by atoms with E-state index in [-0.39, 0.29) is 5.41 Å².